The molecule has 9 atom stereocenters. The zero-order chi connectivity index (χ0) is 23.9. The maximum absolute atomic E-state index is 11.1. The van der Waals surface area contributed by atoms with E-state index in [1.54, 1.807) is 0 Å². The highest BCUT2D eigenvalue weighted by molar-refractivity contribution is 6.52. The molecule has 2 N–H and O–H groups in total. The first kappa shape index (κ1) is 24.9. The molecule has 4 aliphatic carbocycles. The Morgan fingerprint density at radius 1 is 0.969 bits per heavy atom. The van der Waals surface area contributed by atoms with E-state index in [9.17, 15) is 9.90 Å². The Morgan fingerprint density at radius 3 is 2.22 bits per heavy atom. The summed E-state index contributed by atoms with van der Waals surface area (Å²) in [5.74, 6) is 1.65. The van der Waals surface area contributed by atoms with Gasteiger partial charge in [-0.15, -0.1) is 0 Å². The van der Waals surface area contributed by atoms with Gasteiger partial charge in [0.05, 0.1) is 31.4 Å². The molecule has 4 saturated carbocycles. The average Bonchev–Trinajstić information content (AvgIpc) is 3.01. The van der Waals surface area contributed by atoms with Crippen molar-refractivity contribution >= 4 is 45.2 Å². The molecule has 4 aliphatic rings. The van der Waals surface area contributed by atoms with E-state index in [0.717, 1.165) is 32.1 Å². The first-order valence-electron chi connectivity index (χ1n) is 12.5. The molecule has 8 heteroatoms. The molecule has 0 spiro atoms. The van der Waals surface area contributed by atoms with E-state index in [-0.39, 0.29) is 23.2 Å². The van der Waals surface area contributed by atoms with Crippen LogP contribution in [0.25, 0.3) is 0 Å². The summed E-state index contributed by atoms with van der Waals surface area (Å²) < 4.78 is 0. The van der Waals surface area contributed by atoms with Crippen molar-refractivity contribution in [3.63, 3.8) is 0 Å². The molecule has 3 nitrogen and oxygen atoms in total. The number of aliphatic hydroxyl groups is 1. The number of fused-ring (bicyclic) bond motifs is 5. The molecular weight excluding hydrogens is 390 g/mol. The summed E-state index contributed by atoms with van der Waals surface area (Å²) in [5, 5.41) is 17.0. The van der Waals surface area contributed by atoms with Gasteiger partial charge in [0.1, 0.15) is 7.85 Å². The molecular formula is C24H35B5O3. The fraction of sp³-hybridized carbons (Fsp3) is 0.958. The van der Waals surface area contributed by atoms with Gasteiger partial charge < -0.3 is 10.2 Å². The number of hydrogen-bond acceptors (Lipinski definition) is 2. The topological polar surface area (TPSA) is 57.5 Å². The van der Waals surface area contributed by atoms with Gasteiger partial charge in [-0.2, -0.15) is 0 Å². The zero-order valence-corrected chi connectivity index (χ0v) is 20.0. The molecule has 164 valence electrons. The highest BCUT2D eigenvalue weighted by Gasteiger charge is 2.67. The summed E-state index contributed by atoms with van der Waals surface area (Å²) >= 11 is 0. The Kier molecular flexibility index (Phi) is 5.93. The molecule has 0 saturated heterocycles. The zero-order valence-electron chi connectivity index (χ0n) is 20.0. The van der Waals surface area contributed by atoms with Gasteiger partial charge in [-0.1, -0.05) is 44.0 Å². The normalized spacial score (nSPS) is 49.9. The number of rotatable bonds is 4. The number of hydrogen-bond donors (Lipinski definition) is 2. The van der Waals surface area contributed by atoms with Gasteiger partial charge in [0.15, 0.2) is 0 Å². The SMILES string of the molecule is [B]C1([B])C[C@@]2(C)[C@H](CC[C@@H]3[C@@H]2CC[C@]2(C)[C@@H]([C@H](C)CCC(=O)O)CC[C@@H]32)C([B])([B])C1([B])O. The van der Waals surface area contributed by atoms with Gasteiger partial charge in [-0.05, 0) is 84.9 Å². The lowest BCUT2D eigenvalue weighted by molar-refractivity contribution is -0.147. The van der Waals surface area contributed by atoms with Crippen molar-refractivity contribution in [2.24, 2.45) is 46.3 Å². The van der Waals surface area contributed by atoms with Crippen LogP contribution in [0.5, 0.6) is 0 Å². The van der Waals surface area contributed by atoms with Gasteiger partial charge in [0, 0.05) is 11.9 Å². The molecule has 0 bridgehead atoms. The van der Waals surface area contributed by atoms with Crippen LogP contribution in [0.1, 0.15) is 78.6 Å². The Labute approximate surface area is 201 Å². The first-order valence-corrected chi connectivity index (χ1v) is 12.5. The Balaban J connectivity index is 1.61. The van der Waals surface area contributed by atoms with Crippen LogP contribution < -0.4 is 0 Å². The van der Waals surface area contributed by atoms with Crippen LogP contribution >= 0.6 is 0 Å². The van der Waals surface area contributed by atoms with Crippen molar-refractivity contribution in [1.29, 1.82) is 0 Å². The Morgan fingerprint density at radius 2 is 1.59 bits per heavy atom. The molecule has 0 heterocycles. The lowest BCUT2D eigenvalue weighted by Crippen LogP contribution is -2.68. The van der Waals surface area contributed by atoms with Crippen LogP contribution in [0.4, 0.5) is 0 Å². The number of aliphatic carboxylic acids is 1. The summed E-state index contributed by atoms with van der Waals surface area (Å²) in [6, 6.07) is 0. The van der Waals surface area contributed by atoms with Crippen molar-refractivity contribution in [2.45, 2.75) is 94.5 Å². The summed E-state index contributed by atoms with van der Waals surface area (Å²) in [5.41, 5.74) is -2.09. The third-order valence-electron chi connectivity index (χ3n) is 11.1. The highest BCUT2D eigenvalue weighted by Crippen LogP contribution is 2.74. The molecule has 4 fully saturated rings. The van der Waals surface area contributed by atoms with E-state index in [2.05, 4.69) is 20.8 Å². The van der Waals surface area contributed by atoms with Gasteiger partial charge in [0.2, 0.25) is 0 Å². The monoisotopic (exact) mass is 426 g/mol. The molecule has 0 amide bonds. The predicted octanol–water partition coefficient (Wildman–Crippen LogP) is 3.13. The minimum Gasteiger partial charge on any atom is -0.481 e. The van der Waals surface area contributed by atoms with E-state index >= 15 is 0 Å². The van der Waals surface area contributed by atoms with Gasteiger partial charge >= 0.3 is 5.97 Å². The quantitative estimate of drug-likeness (QED) is 0.681. The van der Waals surface area contributed by atoms with E-state index in [1.807, 2.05) is 0 Å². The Hall–Kier alpha value is -0.245. The molecule has 0 aromatic carbocycles. The van der Waals surface area contributed by atoms with Crippen LogP contribution in [-0.4, -0.2) is 60.9 Å². The number of carbonyl (C=O) groups is 1. The highest BCUT2D eigenvalue weighted by atomic mass is 16.4. The lowest BCUT2D eigenvalue weighted by Gasteiger charge is -2.72. The Bertz CT molecular complexity index is 771. The minimum absolute atomic E-state index is 0.150. The van der Waals surface area contributed by atoms with Crippen molar-refractivity contribution in [2.75, 3.05) is 0 Å². The second kappa shape index (κ2) is 7.63. The standard InChI is InChI=1S/C24H35B5O3/c1-13(4-9-19(30)31)15-6-7-16-14-5-8-18-21(3,17(14)10-11-20(15,16)2)12-22(25,26)24(29,32)23(18,27)28/h13-18,32H,4-12H2,1-3H3,(H,30,31)/t13-,14+,15-,16+,17+,18+,20-,21-,24?/m1/s1. The van der Waals surface area contributed by atoms with Crippen LogP contribution in [0.2, 0.25) is 10.4 Å². The van der Waals surface area contributed by atoms with Crippen LogP contribution in [-0.2, 0) is 4.79 Å². The maximum Gasteiger partial charge on any atom is 0.303 e. The lowest BCUT2D eigenvalue weighted by atomic mass is 9.18. The molecule has 32 heavy (non-hydrogen) atoms. The molecule has 4 rings (SSSR count). The van der Waals surface area contributed by atoms with Crippen molar-refractivity contribution < 1.29 is 15.0 Å². The van der Waals surface area contributed by atoms with Gasteiger partial charge in [-0.3, -0.25) is 4.79 Å². The fourth-order valence-electron chi connectivity index (χ4n) is 9.46. The molecule has 0 aromatic heterocycles. The first-order chi connectivity index (χ1) is 14.6. The summed E-state index contributed by atoms with van der Waals surface area (Å²) in [4.78, 5) is 11.1. The molecule has 1 unspecified atom stereocenters. The molecule has 0 aliphatic heterocycles. The van der Waals surface area contributed by atoms with Gasteiger partial charge in [-0.25, -0.2) is 0 Å². The van der Waals surface area contributed by atoms with E-state index < -0.39 is 21.9 Å². The summed E-state index contributed by atoms with van der Waals surface area (Å²) in [7, 11) is 32.1. The second-order valence-electron chi connectivity index (χ2n) is 12.6. The second-order valence-corrected chi connectivity index (χ2v) is 12.6. The van der Waals surface area contributed by atoms with Crippen molar-refractivity contribution in [1.82, 2.24) is 0 Å². The van der Waals surface area contributed by atoms with Crippen LogP contribution in [0.3, 0.4) is 0 Å². The average molecular weight is 426 g/mol. The van der Waals surface area contributed by atoms with E-state index in [0.29, 0.717) is 36.0 Å². The summed E-state index contributed by atoms with van der Waals surface area (Å²) in [6.07, 6.45) is 7.76. The van der Waals surface area contributed by atoms with Crippen LogP contribution in [0.15, 0.2) is 0 Å². The summed E-state index contributed by atoms with van der Waals surface area (Å²) in [6.45, 7) is 6.91. The number of carboxylic acid groups (broad SMARTS) is 1. The number of carboxylic acids is 1. The molecule has 0 aromatic rings. The smallest absolute Gasteiger partial charge is 0.303 e. The molecule has 10 radical (unpaired) electrons. The maximum atomic E-state index is 11.1. The van der Waals surface area contributed by atoms with E-state index in [4.69, 9.17) is 44.3 Å². The van der Waals surface area contributed by atoms with Crippen molar-refractivity contribution in [3.05, 3.63) is 0 Å². The van der Waals surface area contributed by atoms with Crippen LogP contribution in [0, 0.1) is 46.3 Å². The third kappa shape index (κ3) is 3.27. The largest absolute Gasteiger partial charge is 0.481 e. The van der Waals surface area contributed by atoms with Crippen molar-refractivity contribution in [3.8, 4) is 0 Å². The predicted molar refractivity (Wildman–Crippen MR) is 131 cm³/mol. The minimum atomic E-state index is -2.04. The fourth-order valence-corrected chi connectivity index (χ4v) is 9.46. The third-order valence-corrected chi connectivity index (χ3v) is 11.1. The van der Waals surface area contributed by atoms with Gasteiger partial charge in [0.25, 0.3) is 0 Å². The van der Waals surface area contributed by atoms with E-state index in [1.165, 1.54) is 12.8 Å².